The van der Waals surface area contributed by atoms with Crippen molar-refractivity contribution in [2.24, 2.45) is 5.73 Å². The molecule has 0 bridgehead atoms. The van der Waals surface area contributed by atoms with Gasteiger partial charge in [-0.1, -0.05) is 12.8 Å². The first-order chi connectivity index (χ1) is 7.27. The fourth-order valence-electron chi connectivity index (χ4n) is 3.11. The van der Waals surface area contributed by atoms with Gasteiger partial charge in [-0.3, -0.25) is 4.90 Å². The number of ether oxygens (including phenoxy) is 1. The Morgan fingerprint density at radius 3 is 2.73 bits per heavy atom. The maximum absolute atomic E-state index is 6.01. The van der Waals surface area contributed by atoms with E-state index in [1.54, 1.807) is 0 Å². The first-order valence-corrected chi connectivity index (χ1v) is 6.33. The van der Waals surface area contributed by atoms with Crippen LogP contribution in [-0.2, 0) is 4.74 Å². The van der Waals surface area contributed by atoms with E-state index >= 15 is 0 Å². The van der Waals surface area contributed by atoms with Crippen molar-refractivity contribution < 1.29 is 4.74 Å². The van der Waals surface area contributed by atoms with Gasteiger partial charge in [-0.05, 0) is 26.2 Å². The fourth-order valence-corrected chi connectivity index (χ4v) is 3.11. The molecule has 0 aromatic heterocycles. The minimum absolute atomic E-state index is 0.308. The summed E-state index contributed by atoms with van der Waals surface area (Å²) in [6.45, 7) is 6.15. The van der Waals surface area contributed by atoms with Gasteiger partial charge in [-0.2, -0.15) is 0 Å². The van der Waals surface area contributed by atoms with Crippen LogP contribution in [0.25, 0.3) is 0 Å². The fraction of sp³-hybridized carbons (Fsp3) is 1.00. The quantitative estimate of drug-likeness (QED) is 0.751. The van der Waals surface area contributed by atoms with Crippen molar-refractivity contribution >= 4 is 0 Å². The van der Waals surface area contributed by atoms with Gasteiger partial charge in [-0.25, -0.2) is 0 Å². The molecule has 2 aliphatic rings. The molecule has 1 saturated heterocycles. The van der Waals surface area contributed by atoms with Crippen LogP contribution in [0.3, 0.4) is 0 Å². The predicted molar refractivity (Wildman–Crippen MR) is 61.9 cm³/mol. The summed E-state index contributed by atoms with van der Waals surface area (Å²) in [7, 11) is 0. The molecule has 2 rings (SSSR count). The molecular formula is C12H24N2O. The van der Waals surface area contributed by atoms with Gasteiger partial charge in [0.1, 0.15) is 0 Å². The Morgan fingerprint density at radius 2 is 2.07 bits per heavy atom. The highest BCUT2D eigenvalue weighted by atomic mass is 16.5. The smallest absolute Gasteiger partial charge is 0.0674 e. The lowest BCUT2D eigenvalue weighted by molar-refractivity contribution is 0.0393. The minimum Gasteiger partial charge on any atom is -0.377 e. The number of nitrogens with zero attached hydrogens (tertiary/aromatic N) is 1. The molecule has 0 amide bonds. The lowest BCUT2D eigenvalue weighted by atomic mass is 9.94. The zero-order valence-corrected chi connectivity index (χ0v) is 9.87. The van der Waals surface area contributed by atoms with Gasteiger partial charge < -0.3 is 10.5 Å². The molecule has 1 aliphatic heterocycles. The van der Waals surface area contributed by atoms with Crippen LogP contribution < -0.4 is 5.73 Å². The third-order valence-corrected chi connectivity index (χ3v) is 4.04. The van der Waals surface area contributed by atoms with Gasteiger partial charge >= 0.3 is 0 Å². The Labute approximate surface area is 93.0 Å². The number of nitrogens with two attached hydrogens (primary N) is 1. The van der Waals surface area contributed by atoms with Gasteiger partial charge in [0.05, 0.1) is 6.10 Å². The van der Waals surface area contributed by atoms with E-state index in [-0.39, 0.29) is 0 Å². The Kier molecular flexibility index (Phi) is 3.65. The highest BCUT2D eigenvalue weighted by molar-refractivity contribution is 4.96. The molecule has 0 spiro atoms. The van der Waals surface area contributed by atoms with Gasteiger partial charge in [0, 0.05) is 31.8 Å². The van der Waals surface area contributed by atoms with Crippen molar-refractivity contribution in [1.82, 2.24) is 4.90 Å². The van der Waals surface area contributed by atoms with Crippen molar-refractivity contribution in [3.05, 3.63) is 0 Å². The molecule has 3 nitrogen and oxygen atoms in total. The van der Waals surface area contributed by atoms with Gasteiger partial charge in [0.25, 0.3) is 0 Å². The maximum Gasteiger partial charge on any atom is 0.0674 e. The molecular weight excluding hydrogens is 188 g/mol. The molecule has 0 radical (unpaired) electrons. The average molecular weight is 212 g/mol. The maximum atomic E-state index is 6.01. The lowest BCUT2D eigenvalue weighted by Crippen LogP contribution is -2.53. The normalized spacial score (nSPS) is 32.8. The van der Waals surface area contributed by atoms with Gasteiger partial charge in [-0.15, -0.1) is 0 Å². The van der Waals surface area contributed by atoms with Crippen LogP contribution in [0.4, 0.5) is 0 Å². The molecule has 0 aromatic rings. The zero-order valence-electron chi connectivity index (χ0n) is 9.87. The molecule has 15 heavy (non-hydrogen) atoms. The van der Waals surface area contributed by atoms with Crippen LogP contribution in [-0.4, -0.2) is 42.8 Å². The van der Waals surface area contributed by atoms with Crippen molar-refractivity contribution in [2.45, 2.75) is 50.7 Å². The molecule has 3 heteroatoms. The lowest BCUT2D eigenvalue weighted by Gasteiger charge is -2.40. The topological polar surface area (TPSA) is 38.5 Å². The number of hydrogen-bond acceptors (Lipinski definition) is 3. The summed E-state index contributed by atoms with van der Waals surface area (Å²) < 4.78 is 5.70. The second-order valence-electron chi connectivity index (χ2n) is 5.12. The van der Waals surface area contributed by atoms with Crippen LogP contribution in [0.2, 0.25) is 0 Å². The third-order valence-electron chi connectivity index (χ3n) is 4.04. The summed E-state index contributed by atoms with van der Waals surface area (Å²) in [5.41, 5.74) is 6.32. The van der Waals surface area contributed by atoms with E-state index < -0.39 is 0 Å². The summed E-state index contributed by atoms with van der Waals surface area (Å²) in [5.74, 6) is 0. The highest BCUT2D eigenvalue weighted by Crippen LogP contribution is 2.35. The van der Waals surface area contributed by atoms with Crippen LogP contribution in [0.1, 0.15) is 39.0 Å². The Morgan fingerprint density at radius 1 is 1.33 bits per heavy atom. The van der Waals surface area contributed by atoms with E-state index in [0.29, 0.717) is 11.6 Å². The van der Waals surface area contributed by atoms with E-state index in [0.717, 1.165) is 26.1 Å². The summed E-state index contributed by atoms with van der Waals surface area (Å²) >= 11 is 0. The summed E-state index contributed by atoms with van der Waals surface area (Å²) in [5, 5.41) is 0. The van der Waals surface area contributed by atoms with Crippen molar-refractivity contribution in [3.63, 3.8) is 0 Å². The summed E-state index contributed by atoms with van der Waals surface area (Å²) in [6.07, 6.45) is 6.81. The number of hydrogen-bond donors (Lipinski definition) is 1. The van der Waals surface area contributed by atoms with E-state index in [4.69, 9.17) is 10.5 Å². The molecule has 88 valence electrons. The summed E-state index contributed by atoms with van der Waals surface area (Å²) in [6, 6.07) is 0. The minimum atomic E-state index is 0.308. The van der Waals surface area contributed by atoms with Crippen molar-refractivity contribution in [3.8, 4) is 0 Å². The van der Waals surface area contributed by atoms with E-state index in [2.05, 4.69) is 11.8 Å². The molecule has 1 saturated carbocycles. The van der Waals surface area contributed by atoms with Gasteiger partial charge in [0.2, 0.25) is 0 Å². The Bertz CT molecular complexity index is 202. The molecule has 2 fully saturated rings. The SMILES string of the molecule is CC1CN(C2(CN)CCCC2)CCCO1. The molecule has 1 aliphatic carbocycles. The van der Waals surface area contributed by atoms with E-state index in [1.807, 2.05) is 0 Å². The standard InChI is InChI=1S/C12H24N2O/c1-11-9-14(7-4-8-15-11)12(10-13)5-2-3-6-12/h11H,2-10,13H2,1H3. The molecule has 2 N–H and O–H groups in total. The van der Waals surface area contributed by atoms with Crippen molar-refractivity contribution in [2.75, 3.05) is 26.2 Å². The second kappa shape index (κ2) is 4.81. The zero-order chi connectivity index (χ0) is 10.7. The Hall–Kier alpha value is -0.120. The van der Waals surface area contributed by atoms with E-state index in [1.165, 1.54) is 32.2 Å². The highest BCUT2D eigenvalue weighted by Gasteiger charge is 2.39. The van der Waals surface area contributed by atoms with Crippen LogP contribution in [0, 0.1) is 0 Å². The first kappa shape index (κ1) is 11.4. The average Bonchev–Trinajstić information content (AvgIpc) is 2.63. The van der Waals surface area contributed by atoms with Crippen molar-refractivity contribution in [1.29, 1.82) is 0 Å². The Balaban J connectivity index is 2.05. The van der Waals surface area contributed by atoms with Gasteiger partial charge in [0.15, 0.2) is 0 Å². The summed E-state index contributed by atoms with van der Waals surface area (Å²) in [4.78, 5) is 2.61. The largest absolute Gasteiger partial charge is 0.377 e. The predicted octanol–water partition coefficient (Wildman–Crippen LogP) is 1.37. The molecule has 1 heterocycles. The first-order valence-electron chi connectivity index (χ1n) is 6.33. The second-order valence-corrected chi connectivity index (χ2v) is 5.12. The monoisotopic (exact) mass is 212 g/mol. The van der Waals surface area contributed by atoms with Crippen LogP contribution in [0.5, 0.6) is 0 Å². The number of rotatable bonds is 2. The molecule has 1 unspecified atom stereocenters. The molecule has 1 atom stereocenters. The van der Waals surface area contributed by atoms with Crippen LogP contribution >= 0.6 is 0 Å². The molecule has 0 aromatic carbocycles. The third kappa shape index (κ3) is 2.35. The van der Waals surface area contributed by atoms with Crippen LogP contribution in [0.15, 0.2) is 0 Å². The van der Waals surface area contributed by atoms with E-state index in [9.17, 15) is 0 Å².